The second kappa shape index (κ2) is 15.4. The number of hydrogen-bond donors (Lipinski definition) is 0. The van der Waals surface area contributed by atoms with Crippen LogP contribution >= 0.6 is 15.9 Å². The van der Waals surface area contributed by atoms with Gasteiger partial charge in [0, 0.05) is 17.8 Å². The van der Waals surface area contributed by atoms with Crippen LogP contribution in [0.15, 0.2) is 27.1 Å². The van der Waals surface area contributed by atoms with Crippen molar-refractivity contribution in [2.75, 3.05) is 0 Å². The van der Waals surface area contributed by atoms with Crippen molar-refractivity contribution in [3.63, 3.8) is 0 Å². The van der Waals surface area contributed by atoms with Crippen molar-refractivity contribution in [1.82, 2.24) is 4.98 Å². The van der Waals surface area contributed by atoms with Crippen LogP contribution in [0.1, 0.15) is 99.3 Å². The Morgan fingerprint density at radius 1 is 1.13 bits per heavy atom. The average molecular weight is 485 g/mol. The molecule has 0 saturated carbocycles. The Hall–Kier alpha value is -1.36. The zero-order chi connectivity index (χ0) is 23.2. The molecule has 0 bridgehead atoms. The van der Waals surface area contributed by atoms with Crippen LogP contribution in [0.5, 0.6) is 0 Å². The number of aromatic nitrogens is 1. The lowest BCUT2D eigenvalue weighted by molar-refractivity contribution is -0.155. The predicted molar refractivity (Wildman–Crippen MR) is 131 cm³/mol. The Morgan fingerprint density at radius 2 is 1.77 bits per heavy atom. The molecule has 0 saturated heterocycles. The molecule has 0 radical (unpaired) electrons. The van der Waals surface area contributed by atoms with Crippen LogP contribution in [0.25, 0.3) is 11.1 Å². The van der Waals surface area contributed by atoms with Crippen molar-refractivity contribution in [1.29, 1.82) is 0 Å². The molecule has 1 aromatic heterocycles. The molecule has 0 aliphatic carbocycles. The molecule has 0 fully saturated rings. The van der Waals surface area contributed by atoms with Crippen LogP contribution in [0.2, 0.25) is 0 Å². The monoisotopic (exact) mass is 483 g/mol. The van der Waals surface area contributed by atoms with Gasteiger partial charge >= 0.3 is 5.97 Å². The molecule has 0 amide bonds. The number of fused-ring (bicyclic) bond motifs is 1. The first-order valence-electron chi connectivity index (χ1n) is 11.3. The van der Waals surface area contributed by atoms with E-state index in [4.69, 9.17) is 9.15 Å². The second-order valence-electron chi connectivity index (χ2n) is 8.74. The van der Waals surface area contributed by atoms with Gasteiger partial charge in [0.2, 0.25) is 0 Å². The first-order valence-corrected chi connectivity index (χ1v) is 12.1. The number of esters is 1. The van der Waals surface area contributed by atoms with Crippen molar-refractivity contribution in [2.24, 2.45) is 5.92 Å². The van der Waals surface area contributed by atoms with E-state index in [1.165, 1.54) is 32.1 Å². The standard InChI is InChI=1S/C13H26O2.C8H6BrNO.C4H10/c1-6-7-8-9-11(2)10-12(14)15-13(3,4)5;1-5-10-7-4-6(9)2-3-8(7)11-5;1-3-4-2/h11H,6-10H2,1-5H3;2-4H,1H3;3-4H2,1-2H3. The third kappa shape index (κ3) is 14.6. The highest BCUT2D eigenvalue weighted by Crippen LogP contribution is 2.19. The number of oxazole rings is 1. The molecule has 1 heterocycles. The maximum absolute atomic E-state index is 11.5. The zero-order valence-electron chi connectivity index (χ0n) is 20.3. The topological polar surface area (TPSA) is 52.3 Å². The van der Waals surface area contributed by atoms with Gasteiger partial charge in [0.1, 0.15) is 11.1 Å². The number of ether oxygens (including phenoxy) is 1. The van der Waals surface area contributed by atoms with Crippen LogP contribution in [-0.4, -0.2) is 16.6 Å². The molecule has 5 heteroatoms. The predicted octanol–water partition coefficient (Wildman–Crippen LogP) is 8.64. The second-order valence-corrected chi connectivity index (χ2v) is 9.65. The van der Waals surface area contributed by atoms with Crippen LogP contribution in [-0.2, 0) is 9.53 Å². The SMILES string of the molecule is CCCC.CCCCCC(C)CC(=O)OC(C)(C)C.Cc1nc2cc(Br)ccc2o1. The highest BCUT2D eigenvalue weighted by Gasteiger charge is 2.18. The van der Waals surface area contributed by atoms with E-state index in [1.807, 2.05) is 45.9 Å². The maximum Gasteiger partial charge on any atom is 0.306 e. The normalized spacial score (nSPS) is 11.8. The fourth-order valence-electron chi connectivity index (χ4n) is 2.53. The van der Waals surface area contributed by atoms with E-state index in [0.717, 1.165) is 22.0 Å². The molecule has 1 unspecified atom stereocenters. The van der Waals surface area contributed by atoms with Gasteiger partial charge in [-0.25, -0.2) is 4.98 Å². The Kier molecular flexibility index (Phi) is 14.7. The molecule has 0 N–H and O–H groups in total. The number of aryl methyl sites for hydroxylation is 1. The molecule has 172 valence electrons. The largest absolute Gasteiger partial charge is 0.460 e. The van der Waals surface area contributed by atoms with Gasteiger partial charge in [-0.15, -0.1) is 0 Å². The minimum Gasteiger partial charge on any atom is -0.460 e. The first kappa shape index (κ1) is 28.6. The van der Waals surface area contributed by atoms with Gasteiger partial charge in [-0.3, -0.25) is 4.79 Å². The van der Waals surface area contributed by atoms with Crippen LogP contribution in [0.4, 0.5) is 0 Å². The minimum atomic E-state index is -0.347. The molecule has 2 aromatic rings. The van der Waals surface area contributed by atoms with Gasteiger partial charge in [0.05, 0.1) is 0 Å². The Balaban J connectivity index is 0.000000487. The molecule has 1 aromatic carbocycles. The van der Waals surface area contributed by atoms with Crippen LogP contribution < -0.4 is 0 Å². The molecule has 0 aliphatic heterocycles. The van der Waals surface area contributed by atoms with Crippen molar-refractivity contribution in [3.05, 3.63) is 28.6 Å². The summed E-state index contributed by atoms with van der Waals surface area (Å²) in [5, 5.41) is 0. The van der Waals surface area contributed by atoms with Crippen LogP contribution in [0.3, 0.4) is 0 Å². The molecule has 1 atom stereocenters. The fraction of sp³-hybridized carbons (Fsp3) is 0.680. The quantitative estimate of drug-likeness (QED) is 0.291. The number of rotatable bonds is 7. The lowest BCUT2D eigenvalue weighted by Gasteiger charge is -2.20. The summed E-state index contributed by atoms with van der Waals surface area (Å²) in [6.45, 7) is 16.2. The molecular weight excluding hydrogens is 442 g/mol. The third-order valence-electron chi connectivity index (χ3n) is 4.19. The first-order chi connectivity index (χ1) is 14.0. The van der Waals surface area contributed by atoms with Crippen molar-refractivity contribution in [2.45, 2.75) is 106 Å². The number of halogens is 1. The highest BCUT2D eigenvalue weighted by atomic mass is 79.9. The summed E-state index contributed by atoms with van der Waals surface area (Å²) in [7, 11) is 0. The molecule has 0 spiro atoms. The van der Waals surface area contributed by atoms with E-state index in [2.05, 4.69) is 48.6 Å². The molecule has 4 nitrogen and oxygen atoms in total. The summed E-state index contributed by atoms with van der Waals surface area (Å²) in [5.41, 5.74) is 1.39. The van der Waals surface area contributed by atoms with E-state index in [0.29, 0.717) is 18.2 Å². The summed E-state index contributed by atoms with van der Waals surface area (Å²) in [5.74, 6) is 1.09. The fourth-order valence-corrected chi connectivity index (χ4v) is 2.88. The van der Waals surface area contributed by atoms with Gasteiger partial charge in [-0.2, -0.15) is 0 Å². The van der Waals surface area contributed by atoms with Gasteiger partial charge in [0.15, 0.2) is 11.5 Å². The summed E-state index contributed by atoms with van der Waals surface area (Å²) in [6.07, 6.45) is 8.05. The van der Waals surface area contributed by atoms with E-state index in [1.54, 1.807) is 0 Å². The van der Waals surface area contributed by atoms with E-state index >= 15 is 0 Å². The van der Waals surface area contributed by atoms with E-state index in [9.17, 15) is 4.79 Å². The molecule has 2 rings (SSSR count). The minimum absolute atomic E-state index is 0.0634. The summed E-state index contributed by atoms with van der Waals surface area (Å²) in [6, 6.07) is 5.78. The van der Waals surface area contributed by atoms with Gasteiger partial charge in [-0.05, 0) is 44.9 Å². The molecule has 30 heavy (non-hydrogen) atoms. The number of benzene rings is 1. The number of carbonyl (C=O) groups is 1. The Morgan fingerprint density at radius 3 is 2.30 bits per heavy atom. The van der Waals surface area contributed by atoms with Gasteiger partial charge in [-0.1, -0.05) is 82.1 Å². The van der Waals surface area contributed by atoms with Crippen molar-refractivity contribution < 1.29 is 13.9 Å². The van der Waals surface area contributed by atoms with Gasteiger partial charge in [0.25, 0.3) is 0 Å². The lowest BCUT2D eigenvalue weighted by Crippen LogP contribution is -2.24. The molecule has 0 aliphatic rings. The average Bonchev–Trinajstić information content (AvgIpc) is 3.00. The number of unbranched alkanes of at least 4 members (excludes halogenated alkanes) is 3. The van der Waals surface area contributed by atoms with E-state index < -0.39 is 0 Å². The number of nitrogens with zero attached hydrogens (tertiary/aromatic N) is 1. The zero-order valence-corrected chi connectivity index (χ0v) is 21.9. The Labute approximate surface area is 192 Å². The smallest absolute Gasteiger partial charge is 0.306 e. The van der Waals surface area contributed by atoms with Gasteiger partial charge < -0.3 is 9.15 Å². The van der Waals surface area contributed by atoms with Crippen molar-refractivity contribution in [3.8, 4) is 0 Å². The highest BCUT2D eigenvalue weighted by molar-refractivity contribution is 9.10. The van der Waals surface area contributed by atoms with E-state index in [-0.39, 0.29) is 11.6 Å². The number of hydrogen-bond acceptors (Lipinski definition) is 4. The summed E-state index contributed by atoms with van der Waals surface area (Å²) >= 11 is 3.36. The third-order valence-corrected chi connectivity index (χ3v) is 4.69. The number of carbonyl (C=O) groups excluding carboxylic acids is 1. The van der Waals surface area contributed by atoms with Crippen molar-refractivity contribution >= 4 is 33.0 Å². The molecular formula is C25H42BrNO3. The Bertz CT molecular complexity index is 717. The summed E-state index contributed by atoms with van der Waals surface area (Å²) < 4.78 is 11.6. The lowest BCUT2D eigenvalue weighted by atomic mass is 10.00. The maximum atomic E-state index is 11.5. The van der Waals surface area contributed by atoms with Crippen LogP contribution in [0, 0.1) is 12.8 Å². The summed E-state index contributed by atoms with van der Waals surface area (Å²) in [4.78, 5) is 15.7.